The Bertz CT molecular complexity index is 131. The van der Waals surface area contributed by atoms with Gasteiger partial charge in [-0.3, -0.25) is 4.90 Å². The molecule has 0 spiro atoms. The quantitative estimate of drug-likeness (QED) is 0.548. The Balaban J connectivity index is 2.55. The summed E-state index contributed by atoms with van der Waals surface area (Å²) < 4.78 is 0. The van der Waals surface area contributed by atoms with Crippen LogP contribution in [-0.2, 0) is 0 Å². The third-order valence-electron chi connectivity index (χ3n) is 2.33. The zero-order valence-electron chi connectivity index (χ0n) is 7.59. The lowest BCUT2D eigenvalue weighted by atomic mass is 9.96. The second-order valence-corrected chi connectivity index (χ2v) is 3.85. The lowest BCUT2D eigenvalue weighted by molar-refractivity contribution is -0.0191. The van der Waals surface area contributed by atoms with Gasteiger partial charge in [-0.1, -0.05) is 0 Å². The Morgan fingerprint density at radius 1 is 1.55 bits per heavy atom. The van der Waals surface area contributed by atoms with Crippen molar-refractivity contribution in [2.24, 2.45) is 0 Å². The summed E-state index contributed by atoms with van der Waals surface area (Å²) in [7, 11) is 2.06. The van der Waals surface area contributed by atoms with Crippen molar-refractivity contribution in [2.75, 3.05) is 26.7 Å². The van der Waals surface area contributed by atoms with E-state index in [1.807, 2.05) is 13.8 Å². The first-order valence-electron chi connectivity index (χ1n) is 4.15. The summed E-state index contributed by atoms with van der Waals surface area (Å²) in [6.45, 7) is 6.67. The van der Waals surface area contributed by atoms with Crippen molar-refractivity contribution >= 4 is 0 Å². The highest BCUT2D eigenvalue weighted by molar-refractivity contribution is 4.89. The molecule has 3 nitrogen and oxygen atoms in total. The van der Waals surface area contributed by atoms with Crippen molar-refractivity contribution in [3.63, 3.8) is 0 Å². The van der Waals surface area contributed by atoms with Gasteiger partial charge in [-0.2, -0.15) is 0 Å². The first kappa shape index (κ1) is 8.97. The van der Waals surface area contributed by atoms with Crippen LogP contribution in [0.4, 0.5) is 0 Å². The van der Waals surface area contributed by atoms with Crippen LogP contribution in [0, 0.1) is 0 Å². The van der Waals surface area contributed by atoms with Crippen molar-refractivity contribution in [1.29, 1.82) is 0 Å². The average molecular weight is 158 g/mol. The van der Waals surface area contributed by atoms with E-state index in [1.54, 1.807) is 0 Å². The van der Waals surface area contributed by atoms with Crippen molar-refractivity contribution < 1.29 is 5.11 Å². The van der Waals surface area contributed by atoms with E-state index < -0.39 is 5.60 Å². The molecule has 3 heteroatoms. The Morgan fingerprint density at radius 3 is 2.55 bits per heavy atom. The van der Waals surface area contributed by atoms with Crippen LogP contribution in [0.3, 0.4) is 0 Å². The number of piperazine rings is 1. The molecule has 2 N–H and O–H groups in total. The fraction of sp³-hybridized carbons (Fsp3) is 1.00. The molecule has 0 saturated carbocycles. The van der Waals surface area contributed by atoms with Crippen LogP contribution in [0.15, 0.2) is 0 Å². The van der Waals surface area contributed by atoms with E-state index >= 15 is 0 Å². The van der Waals surface area contributed by atoms with Gasteiger partial charge in [-0.15, -0.1) is 0 Å². The van der Waals surface area contributed by atoms with Gasteiger partial charge in [-0.05, 0) is 20.9 Å². The number of hydrogen-bond donors (Lipinski definition) is 2. The molecule has 0 amide bonds. The van der Waals surface area contributed by atoms with Crippen LogP contribution in [0.5, 0.6) is 0 Å². The number of aliphatic hydroxyl groups is 1. The molecule has 0 bridgehead atoms. The molecular weight excluding hydrogens is 140 g/mol. The van der Waals surface area contributed by atoms with E-state index in [0.29, 0.717) is 0 Å². The summed E-state index contributed by atoms with van der Waals surface area (Å²) >= 11 is 0. The summed E-state index contributed by atoms with van der Waals surface area (Å²) in [5.41, 5.74) is -0.595. The van der Waals surface area contributed by atoms with E-state index in [1.165, 1.54) is 0 Å². The molecular formula is C8H18N2O. The topological polar surface area (TPSA) is 35.5 Å². The van der Waals surface area contributed by atoms with Crippen LogP contribution in [0.2, 0.25) is 0 Å². The Hall–Kier alpha value is -0.120. The molecule has 0 aromatic rings. The molecule has 1 aliphatic rings. The molecule has 1 heterocycles. The summed E-state index contributed by atoms with van der Waals surface area (Å²) in [4.78, 5) is 2.20. The minimum atomic E-state index is -0.595. The van der Waals surface area contributed by atoms with Gasteiger partial charge in [0.2, 0.25) is 0 Å². The van der Waals surface area contributed by atoms with Crippen LogP contribution in [0.25, 0.3) is 0 Å². The molecule has 0 aromatic carbocycles. The molecule has 1 rings (SSSR count). The highest BCUT2D eigenvalue weighted by Gasteiger charge is 2.31. The maximum atomic E-state index is 9.73. The zero-order valence-corrected chi connectivity index (χ0v) is 7.59. The maximum Gasteiger partial charge on any atom is 0.0758 e. The molecule has 1 atom stereocenters. The summed E-state index contributed by atoms with van der Waals surface area (Å²) in [5, 5.41) is 13.0. The molecule has 1 fully saturated rings. The van der Waals surface area contributed by atoms with Gasteiger partial charge in [0.05, 0.1) is 11.6 Å². The van der Waals surface area contributed by atoms with Crippen molar-refractivity contribution in [1.82, 2.24) is 10.2 Å². The van der Waals surface area contributed by atoms with Crippen LogP contribution >= 0.6 is 0 Å². The van der Waals surface area contributed by atoms with Crippen molar-refractivity contribution in [3.05, 3.63) is 0 Å². The number of rotatable bonds is 1. The Labute approximate surface area is 68.4 Å². The molecule has 0 radical (unpaired) electrons. The Morgan fingerprint density at radius 2 is 2.18 bits per heavy atom. The van der Waals surface area contributed by atoms with Gasteiger partial charge in [0, 0.05) is 19.6 Å². The van der Waals surface area contributed by atoms with Gasteiger partial charge in [-0.25, -0.2) is 0 Å². The second kappa shape index (κ2) is 3.09. The van der Waals surface area contributed by atoms with Crippen molar-refractivity contribution in [2.45, 2.75) is 25.5 Å². The summed E-state index contributed by atoms with van der Waals surface area (Å²) in [6.07, 6.45) is 0. The minimum absolute atomic E-state index is 0.247. The lowest BCUT2D eigenvalue weighted by Gasteiger charge is -2.40. The Kier molecular flexibility index (Phi) is 2.52. The SMILES string of the molecule is CN1CCNCC1C(C)(C)O. The standard InChI is InChI=1S/C8H18N2O/c1-8(2,11)7-6-9-4-5-10(7)3/h7,9,11H,4-6H2,1-3H3. The third kappa shape index (κ3) is 2.15. The monoisotopic (exact) mass is 158 g/mol. The highest BCUT2D eigenvalue weighted by Crippen LogP contribution is 2.14. The van der Waals surface area contributed by atoms with Gasteiger partial charge >= 0.3 is 0 Å². The van der Waals surface area contributed by atoms with Gasteiger partial charge in [0.1, 0.15) is 0 Å². The molecule has 11 heavy (non-hydrogen) atoms. The zero-order chi connectivity index (χ0) is 8.48. The molecule has 66 valence electrons. The fourth-order valence-corrected chi connectivity index (χ4v) is 1.59. The molecule has 0 aromatic heterocycles. The van der Waals surface area contributed by atoms with Crippen LogP contribution in [-0.4, -0.2) is 48.3 Å². The smallest absolute Gasteiger partial charge is 0.0758 e. The van der Waals surface area contributed by atoms with Gasteiger partial charge in [0.25, 0.3) is 0 Å². The average Bonchev–Trinajstić information content (AvgIpc) is 1.86. The van der Waals surface area contributed by atoms with E-state index in [-0.39, 0.29) is 6.04 Å². The van der Waals surface area contributed by atoms with E-state index in [2.05, 4.69) is 17.3 Å². The van der Waals surface area contributed by atoms with Gasteiger partial charge < -0.3 is 10.4 Å². The second-order valence-electron chi connectivity index (χ2n) is 3.85. The van der Waals surface area contributed by atoms with E-state index in [0.717, 1.165) is 19.6 Å². The van der Waals surface area contributed by atoms with Crippen LogP contribution in [0.1, 0.15) is 13.8 Å². The summed E-state index contributed by atoms with van der Waals surface area (Å²) in [6, 6.07) is 0.247. The first-order chi connectivity index (χ1) is 5.02. The number of nitrogens with one attached hydrogen (secondary N) is 1. The molecule has 1 saturated heterocycles. The van der Waals surface area contributed by atoms with E-state index in [9.17, 15) is 5.11 Å². The third-order valence-corrected chi connectivity index (χ3v) is 2.33. The predicted octanol–water partition coefficient (Wildman–Crippen LogP) is -0.339. The molecule has 0 aliphatic carbocycles. The lowest BCUT2D eigenvalue weighted by Crippen LogP contribution is -2.58. The van der Waals surface area contributed by atoms with Crippen molar-refractivity contribution in [3.8, 4) is 0 Å². The van der Waals surface area contributed by atoms with Gasteiger partial charge in [0.15, 0.2) is 0 Å². The molecule has 1 unspecified atom stereocenters. The number of likely N-dealkylation sites (N-methyl/N-ethyl adjacent to an activating group) is 1. The maximum absolute atomic E-state index is 9.73. The summed E-state index contributed by atoms with van der Waals surface area (Å²) in [5.74, 6) is 0. The van der Waals surface area contributed by atoms with E-state index in [4.69, 9.17) is 0 Å². The molecule has 1 aliphatic heterocycles. The number of hydrogen-bond acceptors (Lipinski definition) is 3. The number of nitrogens with zero attached hydrogens (tertiary/aromatic N) is 1. The largest absolute Gasteiger partial charge is 0.389 e. The fourth-order valence-electron chi connectivity index (χ4n) is 1.59. The minimum Gasteiger partial charge on any atom is -0.389 e. The van der Waals surface area contributed by atoms with Crippen LogP contribution < -0.4 is 5.32 Å². The highest BCUT2D eigenvalue weighted by atomic mass is 16.3. The first-order valence-corrected chi connectivity index (χ1v) is 4.15. The normalized spacial score (nSPS) is 28.9. The predicted molar refractivity (Wildman–Crippen MR) is 45.6 cm³/mol.